The van der Waals surface area contributed by atoms with E-state index in [1.54, 1.807) is 6.92 Å². The van der Waals surface area contributed by atoms with Gasteiger partial charge in [-0.1, -0.05) is 0 Å². The van der Waals surface area contributed by atoms with Gasteiger partial charge in [0.1, 0.15) is 0 Å². The normalized spacial score (nSPS) is 19.2. The molecule has 0 rings (SSSR count). The lowest BCUT2D eigenvalue weighted by atomic mass is 10.1. The van der Waals surface area contributed by atoms with Gasteiger partial charge in [-0.15, -0.1) is 0 Å². The Morgan fingerprint density at radius 1 is 1.00 bits per heavy atom. The SMILES string of the molecule is [CH2]C(F)(C(F)F)C(F)(F)F. The smallest absolute Gasteiger partial charge is 0.227 e. The largest absolute Gasteiger partial charge is 0.428 e. The molecule has 0 N–H and O–H groups in total. The average Bonchev–Trinajstić information content (AvgIpc) is 1.62. The third kappa shape index (κ3) is 1.54. The van der Waals surface area contributed by atoms with Gasteiger partial charge in [0.25, 0.3) is 12.1 Å². The highest BCUT2D eigenvalue weighted by Crippen LogP contribution is 2.37. The van der Waals surface area contributed by atoms with E-state index in [-0.39, 0.29) is 0 Å². The highest BCUT2D eigenvalue weighted by Gasteiger charge is 2.59. The van der Waals surface area contributed by atoms with Gasteiger partial charge in [0.05, 0.1) is 0 Å². The predicted molar refractivity (Wildman–Crippen MR) is 21.3 cm³/mol. The van der Waals surface area contributed by atoms with Gasteiger partial charge in [-0.25, -0.2) is 13.2 Å². The van der Waals surface area contributed by atoms with Crippen molar-refractivity contribution in [1.29, 1.82) is 0 Å². The van der Waals surface area contributed by atoms with Crippen LogP contribution in [-0.4, -0.2) is 18.3 Å². The maximum atomic E-state index is 11.7. The zero-order valence-corrected chi connectivity index (χ0v) is 4.55. The van der Waals surface area contributed by atoms with Gasteiger partial charge in [-0.3, -0.25) is 0 Å². The number of halogens is 6. The van der Waals surface area contributed by atoms with Crippen molar-refractivity contribution in [3.63, 3.8) is 0 Å². The predicted octanol–water partition coefficient (Wildman–Crippen LogP) is 2.36. The standard InChI is InChI=1S/C4H3F6/c1-3(7,2(5)6)4(8,9)10/h2H,1H2. The Labute approximate surface area is 52.8 Å². The second kappa shape index (κ2) is 2.32. The highest BCUT2D eigenvalue weighted by atomic mass is 19.4. The van der Waals surface area contributed by atoms with Gasteiger partial charge in [0, 0.05) is 0 Å². The average molecular weight is 165 g/mol. The third-order valence-corrected chi connectivity index (χ3v) is 0.817. The molecule has 61 valence electrons. The van der Waals surface area contributed by atoms with E-state index >= 15 is 0 Å². The first-order chi connectivity index (χ1) is 4.19. The molecule has 0 aromatic carbocycles. The van der Waals surface area contributed by atoms with E-state index in [9.17, 15) is 26.3 Å². The van der Waals surface area contributed by atoms with Crippen LogP contribution in [0, 0.1) is 6.92 Å². The molecule has 0 amide bonds. The van der Waals surface area contributed by atoms with Crippen LogP contribution in [0.1, 0.15) is 0 Å². The van der Waals surface area contributed by atoms with Crippen LogP contribution in [0.3, 0.4) is 0 Å². The number of hydrogen-bond donors (Lipinski definition) is 0. The molecular weight excluding hydrogens is 162 g/mol. The van der Waals surface area contributed by atoms with Gasteiger partial charge >= 0.3 is 6.18 Å². The summed E-state index contributed by atoms with van der Waals surface area (Å²) < 4.78 is 67.5. The molecule has 6 heteroatoms. The molecule has 0 aliphatic rings. The Balaban J connectivity index is 4.40. The first kappa shape index (κ1) is 9.58. The molecular formula is C4H3F6. The Hall–Kier alpha value is -0.420. The Morgan fingerprint density at radius 3 is 1.30 bits per heavy atom. The van der Waals surface area contributed by atoms with Crippen molar-refractivity contribution in [3.8, 4) is 0 Å². The molecule has 0 aliphatic carbocycles. The molecule has 0 aliphatic heterocycles. The van der Waals surface area contributed by atoms with Gasteiger partial charge in [-0.05, 0) is 6.92 Å². The molecule has 0 aromatic heterocycles. The van der Waals surface area contributed by atoms with E-state index in [1.807, 2.05) is 0 Å². The minimum atomic E-state index is -5.61. The van der Waals surface area contributed by atoms with Crippen LogP contribution >= 0.6 is 0 Å². The van der Waals surface area contributed by atoms with E-state index in [1.165, 1.54) is 0 Å². The lowest BCUT2D eigenvalue weighted by Crippen LogP contribution is -2.44. The minimum absolute atomic E-state index is 1.70. The fraction of sp³-hybridized carbons (Fsp3) is 0.750. The molecule has 1 unspecified atom stereocenters. The second-order valence-corrected chi connectivity index (χ2v) is 1.66. The Morgan fingerprint density at radius 2 is 1.30 bits per heavy atom. The lowest BCUT2D eigenvalue weighted by Gasteiger charge is -2.21. The van der Waals surface area contributed by atoms with Crippen molar-refractivity contribution in [2.75, 3.05) is 0 Å². The van der Waals surface area contributed by atoms with E-state index in [2.05, 4.69) is 0 Å². The molecule has 0 spiro atoms. The molecule has 0 saturated carbocycles. The lowest BCUT2D eigenvalue weighted by molar-refractivity contribution is -0.248. The highest BCUT2D eigenvalue weighted by molar-refractivity contribution is 4.92. The Kier molecular flexibility index (Phi) is 2.22. The van der Waals surface area contributed by atoms with Crippen molar-refractivity contribution >= 4 is 0 Å². The maximum absolute atomic E-state index is 11.7. The molecule has 1 atom stereocenters. The quantitative estimate of drug-likeness (QED) is 0.523. The summed E-state index contributed by atoms with van der Waals surface area (Å²) in [7, 11) is 0. The molecule has 10 heavy (non-hydrogen) atoms. The van der Waals surface area contributed by atoms with Crippen LogP contribution in [0.25, 0.3) is 0 Å². The molecule has 0 heterocycles. The summed E-state index contributed by atoms with van der Waals surface area (Å²) >= 11 is 0. The summed E-state index contributed by atoms with van der Waals surface area (Å²) in [6.45, 7) is 1.70. The molecule has 0 saturated heterocycles. The van der Waals surface area contributed by atoms with E-state index in [0.29, 0.717) is 0 Å². The molecule has 0 nitrogen and oxygen atoms in total. The molecule has 0 bridgehead atoms. The van der Waals surface area contributed by atoms with E-state index < -0.39 is 18.3 Å². The van der Waals surface area contributed by atoms with Crippen molar-refractivity contribution < 1.29 is 26.3 Å². The zero-order valence-electron chi connectivity index (χ0n) is 4.55. The number of rotatable bonds is 1. The minimum Gasteiger partial charge on any atom is -0.227 e. The van der Waals surface area contributed by atoms with Crippen LogP contribution in [0.4, 0.5) is 26.3 Å². The second-order valence-electron chi connectivity index (χ2n) is 1.66. The number of hydrogen-bond acceptors (Lipinski definition) is 0. The first-order valence-corrected chi connectivity index (χ1v) is 2.08. The van der Waals surface area contributed by atoms with Crippen LogP contribution in [-0.2, 0) is 0 Å². The summed E-state index contributed by atoms with van der Waals surface area (Å²) in [5, 5.41) is 0. The first-order valence-electron chi connectivity index (χ1n) is 2.08. The third-order valence-electron chi connectivity index (χ3n) is 0.817. The van der Waals surface area contributed by atoms with Crippen molar-refractivity contribution in [2.45, 2.75) is 18.3 Å². The topological polar surface area (TPSA) is 0 Å². The van der Waals surface area contributed by atoms with Crippen LogP contribution in [0.5, 0.6) is 0 Å². The van der Waals surface area contributed by atoms with Gasteiger partial charge in [0.15, 0.2) is 0 Å². The van der Waals surface area contributed by atoms with E-state index in [0.717, 1.165) is 0 Å². The van der Waals surface area contributed by atoms with Crippen molar-refractivity contribution in [1.82, 2.24) is 0 Å². The van der Waals surface area contributed by atoms with Crippen molar-refractivity contribution in [2.24, 2.45) is 0 Å². The maximum Gasteiger partial charge on any atom is 0.428 e. The van der Waals surface area contributed by atoms with Crippen molar-refractivity contribution in [3.05, 3.63) is 6.92 Å². The van der Waals surface area contributed by atoms with Gasteiger partial charge in [0.2, 0.25) is 0 Å². The fourth-order valence-corrected chi connectivity index (χ4v) is 0.124. The van der Waals surface area contributed by atoms with Crippen LogP contribution in [0.2, 0.25) is 0 Å². The summed E-state index contributed by atoms with van der Waals surface area (Å²) in [4.78, 5) is 0. The van der Waals surface area contributed by atoms with Crippen LogP contribution in [0.15, 0.2) is 0 Å². The molecule has 0 aromatic rings. The fourth-order valence-electron chi connectivity index (χ4n) is 0.124. The number of alkyl halides is 6. The van der Waals surface area contributed by atoms with Gasteiger partial charge in [-0.2, -0.15) is 13.2 Å². The van der Waals surface area contributed by atoms with E-state index in [4.69, 9.17) is 0 Å². The Bertz CT molecular complexity index is 111. The summed E-state index contributed by atoms with van der Waals surface area (Å²) in [5.41, 5.74) is -4.65. The molecule has 0 fully saturated rings. The summed E-state index contributed by atoms with van der Waals surface area (Å²) in [5.74, 6) is 0. The summed E-state index contributed by atoms with van der Waals surface area (Å²) in [6.07, 6.45) is -9.76. The summed E-state index contributed by atoms with van der Waals surface area (Å²) in [6, 6.07) is 0. The molecule has 1 radical (unpaired) electrons. The van der Waals surface area contributed by atoms with Crippen LogP contribution < -0.4 is 0 Å². The van der Waals surface area contributed by atoms with Gasteiger partial charge < -0.3 is 0 Å². The monoisotopic (exact) mass is 165 g/mol. The zero-order chi connectivity index (χ0) is 8.58.